The largest absolute Gasteiger partial charge is 0.480 e. The third kappa shape index (κ3) is 5.32. The average Bonchev–Trinajstić information content (AvgIpc) is 2.84. The van der Waals surface area contributed by atoms with Crippen LogP contribution in [-0.2, 0) is 11.2 Å². The summed E-state index contributed by atoms with van der Waals surface area (Å²) in [5, 5.41) is 15.0. The number of nitrogens with zero attached hydrogens (tertiary/aromatic N) is 2. The summed E-state index contributed by atoms with van der Waals surface area (Å²) in [5.41, 5.74) is 2.53. The van der Waals surface area contributed by atoms with Crippen LogP contribution >= 0.6 is 0 Å². The molecule has 4 rings (SSSR count). The number of fused-ring (bicyclic) bond motifs is 1. The van der Waals surface area contributed by atoms with Crippen LogP contribution in [0.5, 0.6) is 5.75 Å². The van der Waals surface area contributed by atoms with Gasteiger partial charge in [-0.3, -0.25) is 0 Å². The normalized spacial score (nSPS) is 11.6. The number of carboxylic acids is 1. The number of benzene rings is 3. The third-order valence-corrected chi connectivity index (χ3v) is 5.37. The van der Waals surface area contributed by atoms with E-state index in [1.54, 1.807) is 44.4 Å². The van der Waals surface area contributed by atoms with Crippen molar-refractivity contribution in [3.05, 3.63) is 90.5 Å². The average molecular weight is 456 g/mol. The van der Waals surface area contributed by atoms with Gasteiger partial charge in [-0.15, -0.1) is 0 Å². The number of carbonyl (C=O) groups is 2. The highest BCUT2D eigenvalue weighted by Crippen LogP contribution is 2.28. The molecular weight excluding hydrogens is 430 g/mol. The second-order valence-electron chi connectivity index (χ2n) is 8.08. The summed E-state index contributed by atoms with van der Waals surface area (Å²) >= 11 is 0. The van der Waals surface area contributed by atoms with Gasteiger partial charge in [0, 0.05) is 26.1 Å². The predicted molar refractivity (Wildman–Crippen MR) is 132 cm³/mol. The summed E-state index contributed by atoms with van der Waals surface area (Å²) in [6.07, 6.45) is -0.243. The fourth-order valence-corrected chi connectivity index (χ4v) is 3.61. The SMILES string of the molecule is CN(C)C(=O)Oc1ccc(C[C@H](Nc2cccc(-c3cccc4ccccc34)n2)C(=O)O)cc1. The van der Waals surface area contributed by atoms with E-state index in [0.29, 0.717) is 11.6 Å². The number of aromatic nitrogens is 1. The molecule has 0 spiro atoms. The number of anilines is 1. The molecule has 0 radical (unpaired) electrons. The number of rotatable bonds is 7. The number of carbonyl (C=O) groups excluding carboxylic acids is 1. The van der Waals surface area contributed by atoms with Gasteiger partial charge in [0.05, 0.1) is 5.69 Å². The summed E-state index contributed by atoms with van der Waals surface area (Å²) in [4.78, 5) is 29.7. The van der Waals surface area contributed by atoms with Crippen LogP contribution in [0.25, 0.3) is 22.0 Å². The second kappa shape index (κ2) is 10.0. The Balaban J connectivity index is 1.51. The molecule has 1 heterocycles. The van der Waals surface area contributed by atoms with E-state index in [-0.39, 0.29) is 6.42 Å². The molecule has 7 heteroatoms. The second-order valence-corrected chi connectivity index (χ2v) is 8.08. The third-order valence-electron chi connectivity index (χ3n) is 5.37. The maximum atomic E-state index is 12.0. The number of aliphatic carboxylic acids is 1. The zero-order valence-corrected chi connectivity index (χ0v) is 18.9. The van der Waals surface area contributed by atoms with Gasteiger partial charge >= 0.3 is 12.1 Å². The van der Waals surface area contributed by atoms with E-state index in [1.807, 2.05) is 54.6 Å². The molecule has 1 atom stereocenters. The molecule has 0 aliphatic rings. The topological polar surface area (TPSA) is 91.8 Å². The van der Waals surface area contributed by atoms with Gasteiger partial charge in [-0.2, -0.15) is 0 Å². The number of nitrogens with one attached hydrogen (secondary N) is 1. The quantitative estimate of drug-likeness (QED) is 0.404. The fourth-order valence-electron chi connectivity index (χ4n) is 3.61. The van der Waals surface area contributed by atoms with Gasteiger partial charge in [0.15, 0.2) is 0 Å². The van der Waals surface area contributed by atoms with Crippen molar-refractivity contribution in [3.63, 3.8) is 0 Å². The van der Waals surface area contributed by atoms with Crippen molar-refractivity contribution in [2.24, 2.45) is 0 Å². The molecule has 4 aromatic rings. The van der Waals surface area contributed by atoms with E-state index >= 15 is 0 Å². The van der Waals surface area contributed by atoms with Crippen LogP contribution in [0.2, 0.25) is 0 Å². The van der Waals surface area contributed by atoms with Gasteiger partial charge in [0.2, 0.25) is 0 Å². The molecule has 0 saturated heterocycles. The monoisotopic (exact) mass is 455 g/mol. The first-order valence-corrected chi connectivity index (χ1v) is 10.8. The van der Waals surface area contributed by atoms with Gasteiger partial charge in [0.1, 0.15) is 17.6 Å². The Morgan fingerprint density at radius 2 is 1.65 bits per heavy atom. The number of amides is 1. The fraction of sp³-hybridized carbons (Fsp3) is 0.148. The standard InChI is InChI=1S/C27H25N3O4/c1-30(2)27(33)34-20-15-13-18(14-16-20)17-24(26(31)32)29-25-12-6-11-23(28-25)22-10-5-8-19-7-3-4-9-21(19)22/h3-16,24H,17H2,1-2H3,(H,28,29)(H,31,32)/t24-/m0/s1. The Hall–Kier alpha value is -4.39. The van der Waals surface area contributed by atoms with Gasteiger partial charge in [-0.05, 0) is 40.6 Å². The summed E-state index contributed by atoms with van der Waals surface area (Å²) in [5.74, 6) is -0.110. The Morgan fingerprint density at radius 3 is 2.38 bits per heavy atom. The molecule has 2 N–H and O–H groups in total. The molecule has 0 bridgehead atoms. The van der Waals surface area contributed by atoms with Crippen LogP contribution in [0, 0.1) is 0 Å². The number of ether oxygens (including phenoxy) is 1. The van der Waals surface area contributed by atoms with Crippen molar-refractivity contribution in [2.75, 3.05) is 19.4 Å². The number of carboxylic acid groups (broad SMARTS) is 1. The molecular formula is C27H25N3O4. The van der Waals surface area contributed by atoms with E-state index in [4.69, 9.17) is 4.74 Å². The van der Waals surface area contributed by atoms with Crippen LogP contribution in [0.4, 0.5) is 10.6 Å². The Bertz CT molecular complexity index is 1310. The lowest BCUT2D eigenvalue weighted by molar-refractivity contribution is -0.137. The summed E-state index contributed by atoms with van der Waals surface area (Å²) in [6, 6.07) is 25.6. The maximum absolute atomic E-state index is 12.0. The molecule has 172 valence electrons. The minimum Gasteiger partial charge on any atom is -0.480 e. The van der Waals surface area contributed by atoms with E-state index in [0.717, 1.165) is 27.6 Å². The highest BCUT2D eigenvalue weighted by atomic mass is 16.6. The number of hydrogen-bond donors (Lipinski definition) is 2. The van der Waals surface area contributed by atoms with Crippen LogP contribution in [0.3, 0.4) is 0 Å². The predicted octanol–water partition coefficient (Wildman–Crippen LogP) is 5.07. The van der Waals surface area contributed by atoms with Crippen molar-refractivity contribution < 1.29 is 19.4 Å². The molecule has 0 aliphatic heterocycles. The van der Waals surface area contributed by atoms with Crippen LogP contribution in [0.1, 0.15) is 5.56 Å². The molecule has 0 aliphatic carbocycles. The molecule has 0 fully saturated rings. The van der Waals surface area contributed by atoms with Crippen molar-refractivity contribution in [3.8, 4) is 17.0 Å². The molecule has 7 nitrogen and oxygen atoms in total. The summed E-state index contributed by atoms with van der Waals surface area (Å²) in [7, 11) is 3.20. The zero-order chi connectivity index (χ0) is 24.1. The molecule has 1 amide bonds. The van der Waals surface area contributed by atoms with E-state index in [1.165, 1.54) is 4.90 Å². The summed E-state index contributed by atoms with van der Waals surface area (Å²) < 4.78 is 5.21. The first kappa shape index (κ1) is 22.8. The smallest absolute Gasteiger partial charge is 0.414 e. The number of hydrogen-bond acceptors (Lipinski definition) is 5. The Kier molecular flexibility index (Phi) is 6.73. The van der Waals surface area contributed by atoms with Crippen molar-refractivity contribution in [2.45, 2.75) is 12.5 Å². The minimum absolute atomic E-state index is 0.234. The van der Waals surface area contributed by atoms with Crippen molar-refractivity contribution in [1.29, 1.82) is 0 Å². The Morgan fingerprint density at radius 1 is 0.941 bits per heavy atom. The first-order chi connectivity index (χ1) is 16.4. The van der Waals surface area contributed by atoms with Gasteiger partial charge in [0.25, 0.3) is 0 Å². The van der Waals surface area contributed by atoms with Crippen molar-refractivity contribution >= 4 is 28.7 Å². The Labute approximate surface area is 197 Å². The highest BCUT2D eigenvalue weighted by molar-refractivity contribution is 5.95. The van der Waals surface area contributed by atoms with Crippen molar-refractivity contribution in [1.82, 2.24) is 9.88 Å². The molecule has 0 saturated carbocycles. The lowest BCUT2D eigenvalue weighted by Crippen LogP contribution is -2.31. The maximum Gasteiger partial charge on any atom is 0.414 e. The lowest BCUT2D eigenvalue weighted by Gasteiger charge is -2.16. The molecule has 3 aromatic carbocycles. The minimum atomic E-state index is -0.986. The lowest BCUT2D eigenvalue weighted by atomic mass is 10.0. The van der Waals surface area contributed by atoms with E-state index < -0.39 is 18.1 Å². The van der Waals surface area contributed by atoms with Gasteiger partial charge in [-0.25, -0.2) is 14.6 Å². The van der Waals surface area contributed by atoms with Crippen LogP contribution in [-0.4, -0.2) is 47.2 Å². The highest BCUT2D eigenvalue weighted by Gasteiger charge is 2.19. The molecule has 34 heavy (non-hydrogen) atoms. The van der Waals surface area contributed by atoms with Gasteiger partial charge < -0.3 is 20.1 Å². The molecule has 0 unspecified atom stereocenters. The van der Waals surface area contributed by atoms with E-state index in [2.05, 4.69) is 10.3 Å². The van der Waals surface area contributed by atoms with Gasteiger partial charge in [-0.1, -0.05) is 60.7 Å². The summed E-state index contributed by atoms with van der Waals surface area (Å²) in [6.45, 7) is 0. The first-order valence-electron chi connectivity index (χ1n) is 10.8. The van der Waals surface area contributed by atoms with Crippen LogP contribution in [0.15, 0.2) is 84.9 Å². The number of pyridine rings is 1. The molecule has 1 aromatic heterocycles. The van der Waals surface area contributed by atoms with E-state index in [9.17, 15) is 14.7 Å². The zero-order valence-electron chi connectivity index (χ0n) is 18.9. The van der Waals surface area contributed by atoms with Crippen LogP contribution < -0.4 is 10.1 Å².